The number of fused-ring (bicyclic) bond motifs is 1. The molecular weight excluding hydrogens is 240 g/mol. The Kier molecular flexibility index (Phi) is 2.60. The molecule has 0 aliphatic rings. The van der Waals surface area contributed by atoms with Crippen molar-refractivity contribution in [2.75, 3.05) is 0 Å². The quantitative estimate of drug-likeness (QED) is 0.746. The van der Waals surface area contributed by atoms with E-state index in [1.54, 1.807) is 18.2 Å². The van der Waals surface area contributed by atoms with Gasteiger partial charge in [0.05, 0.1) is 5.56 Å². The first-order valence-corrected chi connectivity index (χ1v) is 5.98. The van der Waals surface area contributed by atoms with E-state index in [0.717, 1.165) is 27.9 Å². The summed E-state index contributed by atoms with van der Waals surface area (Å²) >= 11 is 0. The summed E-state index contributed by atoms with van der Waals surface area (Å²) < 4.78 is 5.83. The highest BCUT2D eigenvalue weighted by Crippen LogP contribution is 2.33. The molecule has 0 aliphatic heterocycles. The third-order valence-electron chi connectivity index (χ3n) is 3.22. The minimum Gasteiger partial charge on any atom is -0.478 e. The van der Waals surface area contributed by atoms with Crippen LogP contribution in [0.25, 0.3) is 22.3 Å². The van der Waals surface area contributed by atoms with Crippen LogP contribution in [0.15, 0.2) is 52.9 Å². The molecule has 3 nitrogen and oxygen atoms in total. The summed E-state index contributed by atoms with van der Waals surface area (Å²) in [6.45, 7) is 1.98. The number of aromatic carboxylic acids is 1. The van der Waals surface area contributed by atoms with Crippen LogP contribution < -0.4 is 0 Å². The first-order chi connectivity index (χ1) is 9.16. The lowest BCUT2D eigenvalue weighted by atomic mass is 10.0. The molecule has 3 heteroatoms. The van der Waals surface area contributed by atoms with E-state index in [1.165, 1.54) is 0 Å². The van der Waals surface area contributed by atoms with E-state index in [4.69, 9.17) is 9.52 Å². The SMILES string of the molecule is Cc1c(-c2cccc(C(=O)O)c2)oc2ccccc12. The molecule has 0 unspecified atom stereocenters. The maximum Gasteiger partial charge on any atom is 0.335 e. The van der Waals surface area contributed by atoms with E-state index in [1.807, 2.05) is 37.3 Å². The standard InChI is InChI=1S/C16H12O3/c1-10-13-7-2-3-8-14(13)19-15(10)11-5-4-6-12(9-11)16(17)18/h2-9H,1H3,(H,17,18). The molecule has 1 aromatic heterocycles. The first-order valence-electron chi connectivity index (χ1n) is 5.98. The van der Waals surface area contributed by atoms with Gasteiger partial charge in [-0.05, 0) is 25.1 Å². The van der Waals surface area contributed by atoms with Crippen molar-refractivity contribution in [1.29, 1.82) is 0 Å². The molecule has 0 aliphatic carbocycles. The van der Waals surface area contributed by atoms with Crippen LogP contribution in [0.5, 0.6) is 0 Å². The molecular formula is C16H12O3. The summed E-state index contributed by atoms with van der Waals surface area (Å²) in [5.74, 6) is -0.208. The number of aryl methyl sites for hydroxylation is 1. The van der Waals surface area contributed by atoms with E-state index in [2.05, 4.69) is 0 Å². The maximum atomic E-state index is 11.0. The van der Waals surface area contributed by atoms with Crippen LogP contribution in [-0.2, 0) is 0 Å². The highest BCUT2D eigenvalue weighted by atomic mass is 16.4. The topological polar surface area (TPSA) is 50.4 Å². The van der Waals surface area contributed by atoms with E-state index in [-0.39, 0.29) is 5.56 Å². The van der Waals surface area contributed by atoms with Gasteiger partial charge in [0.1, 0.15) is 11.3 Å². The van der Waals surface area contributed by atoms with Crippen molar-refractivity contribution in [1.82, 2.24) is 0 Å². The molecule has 1 heterocycles. The van der Waals surface area contributed by atoms with Crippen LogP contribution in [0.3, 0.4) is 0 Å². The molecule has 0 amide bonds. The summed E-state index contributed by atoms with van der Waals surface area (Å²) in [5, 5.41) is 10.1. The highest BCUT2D eigenvalue weighted by Gasteiger charge is 2.13. The molecule has 0 atom stereocenters. The zero-order valence-electron chi connectivity index (χ0n) is 10.4. The first kappa shape index (κ1) is 11.5. The normalized spacial score (nSPS) is 10.8. The van der Waals surface area contributed by atoms with Gasteiger partial charge in [0.25, 0.3) is 0 Å². The number of rotatable bonds is 2. The van der Waals surface area contributed by atoms with Crippen molar-refractivity contribution in [3.63, 3.8) is 0 Å². The van der Waals surface area contributed by atoms with E-state index in [9.17, 15) is 4.79 Å². The number of para-hydroxylation sites is 1. The molecule has 0 radical (unpaired) electrons. The third kappa shape index (κ3) is 1.89. The van der Waals surface area contributed by atoms with Crippen LogP contribution in [0.2, 0.25) is 0 Å². The number of benzene rings is 2. The Morgan fingerprint density at radius 3 is 2.63 bits per heavy atom. The predicted octanol–water partition coefficient (Wildman–Crippen LogP) is 4.11. The molecule has 0 spiro atoms. The highest BCUT2D eigenvalue weighted by molar-refractivity contribution is 5.91. The molecule has 3 aromatic rings. The molecule has 19 heavy (non-hydrogen) atoms. The second kappa shape index (κ2) is 4.28. The number of furan rings is 1. The summed E-state index contributed by atoms with van der Waals surface area (Å²) in [4.78, 5) is 11.0. The van der Waals surface area contributed by atoms with Gasteiger partial charge >= 0.3 is 5.97 Å². The summed E-state index contributed by atoms with van der Waals surface area (Å²) in [5.41, 5.74) is 2.89. The number of hydrogen-bond donors (Lipinski definition) is 1. The Morgan fingerprint density at radius 1 is 1.11 bits per heavy atom. The van der Waals surface area contributed by atoms with Gasteiger partial charge in [-0.3, -0.25) is 0 Å². The van der Waals surface area contributed by atoms with Gasteiger partial charge in [-0.15, -0.1) is 0 Å². The molecule has 0 fully saturated rings. The van der Waals surface area contributed by atoms with Gasteiger partial charge in [0.15, 0.2) is 0 Å². The van der Waals surface area contributed by atoms with Gasteiger partial charge < -0.3 is 9.52 Å². The monoisotopic (exact) mass is 252 g/mol. The van der Waals surface area contributed by atoms with E-state index in [0.29, 0.717) is 0 Å². The van der Waals surface area contributed by atoms with Crippen molar-refractivity contribution in [2.24, 2.45) is 0 Å². The lowest BCUT2D eigenvalue weighted by Gasteiger charge is -2.00. The van der Waals surface area contributed by atoms with Gasteiger partial charge in [-0.2, -0.15) is 0 Å². The lowest BCUT2D eigenvalue weighted by Crippen LogP contribution is -1.95. The molecule has 94 valence electrons. The molecule has 3 rings (SSSR count). The van der Waals surface area contributed by atoms with Crippen molar-refractivity contribution in [2.45, 2.75) is 6.92 Å². The van der Waals surface area contributed by atoms with Gasteiger partial charge in [-0.25, -0.2) is 4.79 Å². The Hall–Kier alpha value is -2.55. The number of carbonyl (C=O) groups is 1. The average molecular weight is 252 g/mol. The Balaban J connectivity index is 2.21. The fourth-order valence-electron chi connectivity index (χ4n) is 2.24. The zero-order valence-corrected chi connectivity index (χ0v) is 10.4. The molecule has 0 saturated heterocycles. The molecule has 2 aromatic carbocycles. The Labute approximate surface area is 110 Å². The fourth-order valence-corrected chi connectivity index (χ4v) is 2.24. The second-order valence-corrected chi connectivity index (χ2v) is 4.44. The lowest BCUT2D eigenvalue weighted by molar-refractivity contribution is 0.0697. The minimum atomic E-state index is -0.935. The largest absolute Gasteiger partial charge is 0.478 e. The van der Waals surface area contributed by atoms with Crippen LogP contribution in [0, 0.1) is 6.92 Å². The molecule has 1 N–H and O–H groups in total. The smallest absolute Gasteiger partial charge is 0.335 e. The average Bonchev–Trinajstić information content (AvgIpc) is 2.77. The van der Waals surface area contributed by atoms with Crippen LogP contribution in [-0.4, -0.2) is 11.1 Å². The number of hydrogen-bond acceptors (Lipinski definition) is 2. The molecule has 0 saturated carbocycles. The minimum absolute atomic E-state index is 0.261. The second-order valence-electron chi connectivity index (χ2n) is 4.44. The van der Waals surface area contributed by atoms with Gasteiger partial charge in [0, 0.05) is 16.5 Å². The van der Waals surface area contributed by atoms with Gasteiger partial charge in [0.2, 0.25) is 0 Å². The summed E-state index contributed by atoms with van der Waals surface area (Å²) in [6.07, 6.45) is 0. The Morgan fingerprint density at radius 2 is 1.89 bits per heavy atom. The fraction of sp³-hybridized carbons (Fsp3) is 0.0625. The van der Waals surface area contributed by atoms with Crippen LogP contribution in [0.1, 0.15) is 15.9 Å². The summed E-state index contributed by atoms with van der Waals surface area (Å²) in [7, 11) is 0. The zero-order chi connectivity index (χ0) is 13.4. The van der Waals surface area contributed by atoms with E-state index >= 15 is 0 Å². The van der Waals surface area contributed by atoms with Crippen molar-refractivity contribution in [3.05, 3.63) is 59.7 Å². The van der Waals surface area contributed by atoms with Crippen LogP contribution in [0.4, 0.5) is 0 Å². The van der Waals surface area contributed by atoms with E-state index < -0.39 is 5.97 Å². The maximum absolute atomic E-state index is 11.0. The van der Waals surface area contributed by atoms with Gasteiger partial charge in [-0.1, -0.05) is 30.3 Å². The predicted molar refractivity (Wildman–Crippen MR) is 73.3 cm³/mol. The van der Waals surface area contributed by atoms with Crippen molar-refractivity contribution >= 4 is 16.9 Å². The summed E-state index contributed by atoms with van der Waals surface area (Å²) in [6, 6.07) is 14.6. The third-order valence-corrected chi connectivity index (χ3v) is 3.22. The van der Waals surface area contributed by atoms with Crippen molar-refractivity contribution < 1.29 is 14.3 Å². The number of carboxylic acids is 1. The van der Waals surface area contributed by atoms with Crippen molar-refractivity contribution in [3.8, 4) is 11.3 Å². The molecule has 0 bridgehead atoms. The Bertz CT molecular complexity index is 769. The van der Waals surface area contributed by atoms with Crippen LogP contribution >= 0.6 is 0 Å². The number of carboxylic acid groups (broad SMARTS) is 1.